The lowest BCUT2D eigenvalue weighted by molar-refractivity contribution is -0.396. The molecule has 0 unspecified atom stereocenters. The quantitative estimate of drug-likeness (QED) is 0.416. The number of nitrogens with zero attached hydrogens (tertiary/aromatic N) is 3. The van der Waals surface area contributed by atoms with Crippen LogP contribution in [0.4, 0.5) is 11.4 Å². The summed E-state index contributed by atoms with van der Waals surface area (Å²) in [4.78, 5) is 23.1. The molecule has 8 heteroatoms. The largest absolute Gasteiger partial charge is 0.303 e. The Balaban J connectivity index is 2.79. The number of nitro groups is 2. The normalized spacial score (nSPS) is 10.8. The summed E-state index contributed by atoms with van der Waals surface area (Å²) in [5.41, 5.74) is -0.464. The summed E-state index contributed by atoms with van der Waals surface area (Å²) in [5, 5.41) is 21.6. The Hall–Kier alpha value is -1.67. The molecule has 0 heterocycles. The van der Waals surface area contributed by atoms with Crippen LogP contribution in [0.5, 0.6) is 0 Å². The zero-order valence-electron chi connectivity index (χ0n) is 11.4. The lowest BCUT2D eigenvalue weighted by Crippen LogP contribution is -2.25. The van der Waals surface area contributed by atoms with Crippen LogP contribution in [0.15, 0.2) is 23.1 Å². The van der Waals surface area contributed by atoms with Gasteiger partial charge in [-0.25, -0.2) is 0 Å². The second-order valence-corrected chi connectivity index (χ2v) is 5.18. The van der Waals surface area contributed by atoms with E-state index in [-0.39, 0.29) is 11.4 Å². The van der Waals surface area contributed by atoms with Crippen LogP contribution in [0.25, 0.3) is 0 Å². The van der Waals surface area contributed by atoms with Gasteiger partial charge in [0.05, 0.1) is 20.8 Å². The summed E-state index contributed by atoms with van der Waals surface area (Å²) in [6.07, 6.45) is 0. The highest BCUT2D eigenvalue weighted by atomic mass is 32.2. The number of hydrogen-bond donors (Lipinski definition) is 0. The Morgan fingerprint density at radius 2 is 1.80 bits per heavy atom. The number of hydrogen-bond acceptors (Lipinski definition) is 6. The number of benzene rings is 1. The topological polar surface area (TPSA) is 89.5 Å². The molecule has 20 heavy (non-hydrogen) atoms. The van der Waals surface area contributed by atoms with E-state index in [2.05, 4.69) is 18.7 Å². The van der Waals surface area contributed by atoms with Crippen LogP contribution >= 0.6 is 11.8 Å². The third kappa shape index (κ3) is 4.46. The van der Waals surface area contributed by atoms with Crippen LogP contribution in [0.3, 0.4) is 0 Å². The molecular weight excluding hydrogens is 282 g/mol. The highest BCUT2D eigenvalue weighted by Gasteiger charge is 2.19. The zero-order chi connectivity index (χ0) is 15.1. The molecule has 0 aliphatic rings. The molecule has 0 aromatic heterocycles. The average molecular weight is 299 g/mol. The number of thioether (sulfide) groups is 1. The van der Waals surface area contributed by atoms with E-state index in [1.807, 2.05) is 0 Å². The van der Waals surface area contributed by atoms with Gasteiger partial charge >= 0.3 is 0 Å². The minimum Gasteiger partial charge on any atom is -0.303 e. The van der Waals surface area contributed by atoms with Gasteiger partial charge in [0.15, 0.2) is 0 Å². The van der Waals surface area contributed by atoms with Gasteiger partial charge in [0.2, 0.25) is 0 Å². The van der Waals surface area contributed by atoms with Crippen molar-refractivity contribution in [3.63, 3.8) is 0 Å². The third-order valence-corrected chi connectivity index (χ3v) is 3.95. The van der Waals surface area contributed by atoms with Gasteiger partial charge in [0.25, 0.3) is 11.4 Å². The fourth-order valence-corrected chi connectivity index (χ4v) is 2.72. The van der Waals surface area contributed by atoms with Crippen LogP contribution in [-0.2, 0) is 0 Å². The van der Waals surface area contributed by atoms with Crippen molar-refractivity contribution in [3.8, 4) is 0 Å². The first-order valence-corrected chi connectivity index (χ1v) is 7.26. The molecule has 0 N–H and O–H groups in total. The van der Waals surface area contributed by atoms with Crippen molar-refractivity contribution in [1.82, 2.24) is 4.90 Å². The van der Waals surface area contributed by atoms with Crippen LogP contribution in [0, 0.1) is 20.2 Å². The van der Waals surface area contributed by atoms with Crippen LogP contribution in [0.1, 0.15) is 13.8 Å². The number of nitro benzene ring substituents is 2. The second-order valence-electron chi connectivity index (χ2n) is 4.04. The van der Waals surface area contributed by atoms with Crippen LogP contribution < -0.4 is 0 Å². The monoisotopic (exact) mass is 299 g/mol. The molecule has 110 valence electrons. The van der Waals surface area contributed by atoms with Crippen molar-refractivity contribution < 1.29 is 9.85 Å². The van der Waals surface area contributed by atoms with Crippen molar-refractivity contribution in [2.75, 3.05) is 25.4 Å². The molecule has 0 atom stereocenters. The van der Waals surface area contributed by atoms with Crippen molar-refractivity contribution in [2.45, 2.75) is 18.7 Å². The lowest BCUT2D eigenvalue weighted by Gasteiger charge is -2.17. The van der Waals surface area contributed by atoms with Crippen molar-refractivity contribution >= 4 is 23.1 Å². The Morgan fingerprint density at radius 3 is 2.30 bits per heavy atom. The van der Waals surface area contributed by atoms with Gasteiger partial charge in [0.1, 0.15) is 0 Å². The first-order chi connectivity index (χ1) is 9.49. The molecular formula is C12H17N3O4S. The summed E-state index contributed by atoms with van der Waals surface area (Å²) in [6, 6.07) is 3.76. The molecule has 0 saturated heterocycles. The summed E-state index contributed by atoms with van der Waals surface area (Å²) in [6.45, 7) is 6.80. The third-order valence-electron chi connectivity index (χ3n) is 2.91. The van der Waals surface area contributed by atoms with E-state index < -0.39 is 9.85 Å². The van der Waals surface area contributed by atoms with Gasteiger partial charge in [-0.05, 0) is 19.2 Å². The highest BCUT2D eigenvalue weighted by molar-refractivity contribution is 7.99. The predicted molar refractivity (Wildman–Crippen MR) is 78.3 cm³/mol. The van der Waals surface area contributed by atoms with Crippen molar-refractivity contribution in [1.29, 1.82) is 0 Å². The van der Waals surface area contributed by atoms with Gasteiger partial charge in [-0.3, -0.25) is 20.2 Å². The molecule has 1 aromatic carbocycles. The SMILES string of the molecule is CCN(CC)CCSc1ccc([N+](=O)[O-])cc1[N+](=O)[O-]. The van der Waals surface area contributed by atoms with Gasteiger partial charge in [-0.1, -0.05) is 13.8 Å². The molecule has 0 radical (unpaired) electrons. The van der Waals surface area contributed by atoms with Gasteiger partial charge < -0.3 is 4.90 Å². The van der Waals surface area contributed by atoms with E-state index in [1.165, 1.54) is 23.9 Å². The van der Waals surface area contributed by atoms with E-state index in [1.54, 1.807) is 0 Å². The Kier molecular flexibility index (Phi) is 6.40. The van der Waals surface area contributed by atoms with E-state index in [4.69, 9.17) is 0 Å². The summed E-state index contributed by atoms with van der Waals surface area (Å²) in [5.74, 6) is 0.709. The average Bonchev–Trinajstić information content (AvgIpc) is 2.43. The lowest BCUT2D eigenvalue weighted by atomic mass is 10.3. The molecule has 0 spiro atoms. The fourth-order valence-electron chi connectivity index (χ4n) is 1.71. The number of rotatable bonds is 8. The van der Waals surface area contributed by atoms with E-state index in [9.17, 15) is 20.2 Å². The maximum absolute atomic E-state index is 11.0. The highest BCUT2D eigenvalue weighted by Crippen LogP contribution is 2.32. The molecule has 1 rings (SSSR count). The summed E-state index contributed by atoms with van der Waals surface area (Å²) in [7, 11) is 0. The first kappa shape index (κ1) is 16.4. The molecule has 0 amide bonds. The van der Waals surface area contributed by atoms with E-state index in [0.717, 1.165) is 25.7 Å². The van der Waals surface area contributed by atoms with Gasteiger partial charge in [0, 0.05) is 18.4 Å². The number of non-ortho nitro benzene ring substituents is 1. The summed E-state index contributed by atoms with van der Waals surface area (Å²) >= 11 is 1.35. The molecule has 0 aliphatic carbocycles. The standard InChI is InChI=1S/C12H17N3O4S/c1-3-13(4-2)7-8-20-12-6-5-10(14(16)17)9-11(12)15(18)19/h5-6,9H,3-4,7-8H2,1-2H3. The van der Waals surface area contributed by atoms with Crippen molar-refractivity contribution in [3.05, 3.63) is 38.4 Å². The molecule has 7 nitrogen and oxygen atoms in total. The predicted octanol–water partition coefficient (Wildman–Crippen LogP) is 2.94. The Bertz CT molecular complexity index is 492. The molecule has 0 bridgehead atoms. The zero-order valence-corrected chi connectivity index (χ0v) is 12.3. The Morgan fingerprint density at radius 1 is 1.15 bits per heavy atom. The molecule has 0 fully saturated rings. The van der Waals surface area contributed by atoms with Crippen LogP contribution in [0.2, 0.25) is 0 Å². The fraction of sp³-hybridized carbons (Fsp3) is 0.500. The second kappa shape index (κ2) is 7.81. The van der Waals surface area contributed by atoms with E-state index in [0.29, 0.717) is 10.6 Å². The Labute approximate surface area is 121 Å². The first-order valence-electron chi connectivity index (χ1n) is 6.27. The molecule has 1 aromatic rings. The van der Waals surface area contributed by atoms with Crippen LogP contribution in [-0.4, -0.2) is 40.1 Å². The maximum atomic E-state index is 11.0. The van der Waals surface area contributed by atoms with E-state index >= 15 is 0 Å². The molecule has 0 saturated carbocycles. The minimum absolute atomic E-state index is 0.205. The summed E-state index contributed by atoms with van der Waals surface area (Å²) < 4.78 is 0. The van der Waals surface area contributed by atoms with Gasteiger partial charge in [-0.15, -0.1) is 11.8 Å². The van der Waals surface area contributed by atoms with Crippen molar-refractivity contribution in [2.24, 2.45) is 0 Å². The van der Waals surface area contributed by atoms with Gasteiger partial charge in [-0.2, -0.15) is 0 Å². The molecule has 0 aliphatic heterocycles. The maximum Gasteiger partial charge on any atom is 0.289 e. The smallest absolute Gasteiger partial charge is 0.289 e. The minimum atomic E-state index is -0.628.